The third-order valence-corrected chi connectivity index (χ3v) is 4.71. The normalized spacial score (nSPS) is 13.1. The molecule has 0 saturated heterocycles. The third kappa shape index (κ3) is 2.54. The van der Waals surface area contributed by atoms with Crippen LogP contribution in [0.2, 0.25) is 0 Å². The van der Waals surface area contributed by atoms with Crippen molar-refractivity contribution in [3.63, 3.8) is 0 Å². The second kappa shape index (κ2) is 5.13. The van der Waals surface area contributed by atoms with Crippen molar-refractivity contribution in [1.29, 1.82) is 0 Å². The Morgan fingerprint density at radius 3 is 2.94 bits per heavy atom. The van der Waals surface area contributed by atoms with Gasteiger partial charge in [-0.15, -0.1) is 29.3 Å². The smallest absolute Gasteiger partial charge is 0.0454 e. The molecule has 0 fully saturated rings. The second-order valence-electron chi connectivity index (χ2n) is 4.07. The molecule has 1 atom stereocenters. The first-order valence-corrected chi connectivity index (χ1v) is 7.25. The van der Waals surface area contributed by atoms with Gasteiger partial charge in [0.15, 0.2) is 0 Å². The quantitative estimate of drug-likeness (QED) is 0.767. The first-order valence-electron chi connectivity index (χ1n) is 5.55. The Hall–Kier alpha value is -0.640. The van der Waals surface area contributed by atoms with Crippen LogP contribution in [0.5, 0.6) is 0 Å². The van der Waals surface area contributed by atoms with E-state index in [4.69, 9.17) is 0 Å². The highest BCUT2D eigenvalue weighted by atomic mass is 32.1. The number of thiophene rings is 2. The molecule has 0 spiro atoms. The van der Waals surface area contributed by atoms with Crippen LogP contribution in [0.15, 0.2) is 29.7 Å². The molecule has 0 aliphatic carbocycles. The van der Waals surface area contributed by atoms with Crippen LogP contribution < -0.4 is 5.32 Å². The van der Waals surface area contributed by atoms with Gasteiger partial charge in [-0.25, -0.2) is 0 Å². The predicted molar refractivity (Wildman–Crippen MR) is 75.6 cm³/mol. The Morgan fingerprint density at radius 2 is 2.31 bits per heavy atom. The maximum atomic E-state index is 4.01. The summed E-state index contributed by atoms with van der Waals surface area (Å²) in [5.74, 6) is 0. The van der Waals surface area contributed by atoms with Gasteiger partial charge in [-0.3, -0.25) is 0 Å². The van der Waals surface area contributed by atoms with Crippen LogP contribution in [0.4, 0.5) is 0 Å². The number of fused-ring (bicyclic) bond motifs is 1. The zero-order valence-electron chi connectivity index (χ0n) is 9.75. The molecule has 0 saturated carbocycles. The number of rotatable bonds is 5. The molecule has 0 aromatic carbocycles. The monoisotopic (exact) mass is 251 g/mol. The SMILES string of the molecule is C=C(C)CC(NCC)c1cc2sccc2s1. The molecule has 0 radical (unpaired) electrons. The molecule has 0 bridgehead atoms. The summed E-state index contributed by atoms with van der Waals surface area (Å²) >= 11 is 3.72. The van der Waals surface area contributed by atoms with E-state index in [-0.39, 0.29) is 0 Å². The van der Waals surface area contributed by atoms with Gasteiger partial charge >= 0.3 is 0 Å². The fourth-order valence-electron chi connectivity index (χ4n) is 1.82. The zero-order chi connectivity index (χ0) is 11.5. The summed E-state index contributed by atoms with van der Waals surface area (Å²) in [6.07, 6.45) is 1.03. The zero-order valence-corrected chi connectivity index (χ0v) is 11.4. The molecule has 0 amide bonds. The summed E-state index contributed by atoms with van der Waals surface area (Å²) in [4.78, 5) is 1.44. The Morgan fingerprint density at radius 1 is 1.50 bits per heavy atom. The predicted octanol–water partition coefficient (Wildman–Crippen LogP) is 4.58. The van der Waals surface area contributed by atoms with Crippen molar-refractivity contribution in [1.82, 2.24) is 5.32 Å². The van der Waals surface area contributed by atoms with Gasteiger partial charge in [-0.05, 0) is 37.4 Å². The van der Waals surface area contributed by atoms with Gasteiger partial charge in [0.25, 0.3) is 0 Å². The molecule has 2 aromatic rings. The molecule has 2 heterocycles. The van der Waals surface area contributed by atoms with Crippen molar-refractivity contribution in [2.24, 2.45) is 0 Å². The van der Waals surface area contributed by atoms with Crippen molar-refractivity contribution in [3.05, 3.63) is 34.5 Å². The minimum atomic E-state index is 0.437. The molecule has 16 heavy (non-hydrogen) atoms. The number of nitrogens with one attached hydrogen (secondary N) is 1. The fourth-order valence-corrected chi connectivity index (χ4v) is 4.02. The molecule has 1 N–H and O–H groups in total. The van der Waals surface area contributed by atoms with Crippen LogP contribution in [0, 0.1) is 0 Å². The molecular formula is C13H17NS2. The molecule has 3 heteroatoms. The van der Waals surface area contributed by atoms with Crippen LogP contribution in [0.25, 0.3) is 9.40 Å². The lowest BCUT2D eigenvalue weighted by molar-refractivity contribution is 0.557. The summed E-state index contributed by atoms with van der Waals surface area (Å²) < 4.78 is 2.81. The summed E-state index contributed by atoms with van der Waals surface area (Å²) in [5, 5.41) is 5.69. The second-order valence-corrected chi connectivity index (χ2v) is 6.13. The minimum absolute atomic E-state index is 0.437. The first kappa shape index (κ1) is 11.8. The molecule has 1 unspecified atom stereocenters. The summed E-state index contributed by atoms with van der Waals surface area (Å²) in [6, 6.07) is 4.96. The Bertz CT molecular complexity index is 452. The van der Waals surface area contributed by atoms with Gasteiger partial charge in [0.1, 0.15) is 0 Å². The molecule has 0 aliphatic heterocycles. The van der Waals surface area contributed by atoms with E-state index >= 15 is 0 Å². The Labute approximate surface area is 105 Å². The van der Waals surface area contributed by atoms with E-state index < -0.39 is 0 Å². The average molecular weight is 251 g/mol. The van der Waals surface area contributed by atoms with Crippen molar-refractivity contribution in [2.75, 3.05) is 6.54 Å². The Balaban J connectivity index is 2.24. The minimum Gasteiger partial charge on any atom is -0.309 e. The average Bonchev–Trinajstić information content (AvgIpc) is 2.74. The van der Waals surface area contributed by atoms with Crippen LogP contribution in [0.1, 0.15) is 31.2 Å². The molecule has 0 aliphatic rings. The van der Waals surface area contributed by atoms with Gasteiger partial charge in [0.05, 0.1) is 0 Å². The van der Waals surface area contributed by atoms with Crippen molar-refractivity contribution in [3.8, 4) is 0 Å². The van der Waals surface area contributed by atoms with Crippen molar-refractivity contribution < 1.29 is 0 Å². The maximum Gasteiger partial charge on any atom is 0.0454 e. The lowest BCUT2D eigenvalue weighted by Gasteiger charge is -2.16. The van der Waals surface area contributed by atoms with E-state index in [0.717, 1.165) is 13.0 Å². The fraction of sp³-hybridized carbons (Fsp3) is 0.385. The van der Waals surface area contributed by atoms with E-state index in [2.05, 4.69) is 43.3 Å². The van der Waals surface area contributed by atoms with Crippen molar-refractivity contribution in [2.45, 2.75) is 26.3 Å². The highest BCUT2D eigenvalue weighted by Crippen LogP contribution is 2.35. The van der Waals surface area contributed by atoms with Crippen LogP contribution in [-0.2, 0) is 0 Å². The van der Waals surface area contributed by atoms with Crippen LogP contribution >= 0.6 is 22.7 Å². The Kier molecular flexibility index (Phi) is 3.79. The highest BCUT2D eigenvalue weighted by molar-refractivity contribution is 7.26. The molecule has 1 nitrogen and oxygen atoms in total. The van der Waals surface area contributed by atoms with E-state index in [1.54, 1.807) is 0 Å². The van der Waals surface area contributed by atoms with Crippen LogP contribution in [-0.4, -0.2) is 6.54 Å². The van der Waals surface area contributed by atoms with Crippen molar-refractivity contribution >= 4 is 32.1 Å². The van der Waals surface area contributed by atoms with E-state index in [0.29, 0.717) is 6.04 Å². The van der Waals surface area contributed by atoms with Gasteiger partial charge in [-0.2, -0.15) is 0 Å². The summed E-state index contributed by atoms with van der Waals surface area (Å²) in [5.41, 5.74) is 1.24. The van der Waals surface area contributed by atoms with Gasteiger partial charge in [-0.1, -0.05) is 12.5 Å². The topological polar surface area (TPSA) is 12.0 Å². The lowest BCUT2D eigenvalue weighted by Crippen LogP contribution is -2.20. The third-order valence-electron chi connectivity index (χ3n) is 2.50. The van der Waals surface area contributed by atoms with Gasteiger partial charge in [0.2, 0.25) is 0 Å². The van der Waals surface area contributed by atoms with E-state index in [9.17, 15) is 0 Å². The van der Waals surface area contributed by atoms with Gasteiger partial charge in [0, 0.05) is 20.3 Å². The molecule has 2 rings (SSSR count). The van der Waals surface area contributed by atoms with E-state index in [1.807, 2.05) is 22.7 Å². The number of hydrogen-bond acceptors (Lipinski definition) is 3. The van der Waals surface area contributed by atoms with Gasteiger partial charge < -0.3 is 5.32 Å². The highest BCUT2D eigenvalue weighted by Gasteiger charge is 2.13. The van der Waals surface area contributed by atoms with E-state index in [1.165, 1.54) is 19.9 Å². The molecule has 86 valence electrons. The lowest BCUT2D eigenvalue weighted by atomic mass is 10.1. The van der Waals surface area contributed by atoms with Crippen LogP contribution in [0.3, 0.4) is 0 Å². The summed E-state index contributed by atoms with van der Waals surface area (Å²) in [6.45, 7) is 9.27. The standard InChI is InChI=1S/C13H17NS2/c1-4-14-10(7-9(2)3)12-8-13-11(16-12)5-6-15-13/h5-6,8,10,14H,2,4,7H2,1,3H3. The summed E-state index contributed by atoms with van der Waals surface area (Å²) in [7, 11) is 0. The maximum absolute atomic E-state index is 4.01. The molecule has 2 aromatic heterocycles. The largest absolute Gasteiger partial charge is 0.309 e. The first-order chi connectivity index (χ1) is 7.70. The number of hydrogen-bond donors (Lipinski definition) is 1. The molecular weight excluding hydrogens is 234 g/mol.